The highest BCUT2D eigenvalue weighted by Gasteiger charge is 2.15. The van der Waals surface area contributed by atoms with E-state index in [4.69, 9.17) is 5.73 Å². The maximum Gasteiger partial charge on any atom is 0.253 e. The number of carbonyl (C=O) groups is 1. The summed E-state index contributed by atoms with van der Waals surface area (Å²) in [7, 11) is 0. The van der Waals surface area contributed by atoms with Gasteiger partial charge < -0.3 is 16.0 Å². The van der Waals surface area contributed by atoms with E-state index in [0.29, 0.717) is 11.5 Å². The van der Waals surface area contributed by atoms with Crippen LogP contribution < -0.4 is 11.1 Å². The van der Waals surface area contributed by atoms with Crippen LogP contribution in [0.4, 0.5) is 17.3 Å². The number of carbonyl (C=O) groups excluding carboxylic acids is 1. The normalized spacial score (nSPS) is 10.8. The van der Waals surface area contributed by atoms with Crippen molar-refractivity contribution in [2.45, 2.75) is 59.3 Å². The molecule has 0 atom stereocenters. The number of hydrogen-bond donors (Lipinski definition) is 2. The van der Waals surface area contributed by atoms with Crippen LogP contribution in [-0.4, -0.2) is 33.9 Å². The summed E-state index contributed by atoms with van der Waals surface area (Å²) in [5.74, 6) is 0.605. The van der Waals surface area contributed by atoms with Gasteiger partial charge in [-0.25, -0.2) is 9.97 Å². The van der Waals surface area contributed by atoms with Crippen LogP contribution in [0.3, 0.4) is 0 Å². The van der Waals surface area contributed by atoms with Crippen LogP contribution in [-0.2, 0) is 0 Å². The van der Waals surface area contributed by atoms with Gasteiger partial charge >= 0.3 is 0 Å². The molecule has 0 bridgehead atoms. The maximum absolute atomic E-state index is 13.1. The number of nitrogens with zero attached hydrogens (tertiary/aromatic N) is 3. The SMILES string of the molecule is CCCCCN(CCCCC)C(=O)c1ccc(Nc2nccc(-c3cccc(N)c3C)n2)cc1. The van der Waals surface area contributed by atoms with Gasteiger partial charge in [0.15, 0.2) is 0 Å². The summed E-state index contributed by atoms with van der Waals surface area (Å²) in [5.41, 5.74) is 11.1. The highest BCUT2D eigenvalue weighted by molar-refractivity contribution is 5.94. The Morgan fingerprint density at radius 3 is 2.26 bits per heavy atom. The first-order chi connectivity index (χ1) is 16.5. The van der Waals surface area contributed by atoms with E-state index in [9.17, 15) is 4.79 Å². The number of hydrogen-bond acceptors (Lipinski definition) is 5. The topological polar surface area (TPSA) is 84.1 Å². The third kappa shape index (κ3) is 6.80. The van der Waals surface area contributed by atoms with Gasteiger partial charge in [0, 0.05) is 41.8 Å². The fourth-order valence-corrected chi connectivity index (χ4v) is 3.93. The van der Waals surface area contributed by atoms with Gasteiger partial charge in [-0.05, 0) is 61.7 Å². The lowest BCUT2D eigenvalue weighted by Gasteiger charge is -2.23. The van der Waals surface area contributed by atoms with Crippen LogP contribution in [0.15, 0.2) is 54.7 Å². The molecule has 0 fully saturated rings. The van der Waals surface area contributed by atoms with E-state index in [1.165, 1.54) is 0 Å². The molecule has 0 saturated carbocycles. The van der Waals surface area contributed by atoms with Gasteiger partial charge in [-0.2, -0.15) is 0 Å². The smallest absolute Gasteiger partial charge is 0.253 e. The van der Waals surface area contributed by atoms with Crippen molar-refractivity contribution >= 4 is 23.2 Å². The van der Waals surface area contributed by atoms with Crippen LogP contribution in [0.1, 0.15) is 68.3 Å². The van der Waals surface area contributed by atoms with Crippen molar-refractivity contribution in [3.8, 4) is 11.3 Å². The highest BCUT2D eigenvalue weighted by atomic mass is 16.2. The largest absolute Gasteiger partial charge is 0.398 e. The molecular formula is C28H37N5O. The van der Waals surface area contributed by atoms with E-state index in [1.54, 1.807) is 6.20 Å². The fourth-order valence-electron chi connectivity index (χ4n) is 3.93. The molecule has 0 saturated heterocycles. The Morgan fingerprint density at radius 1 is 0.941 bits per heavy atom. The monoisotopic (exact) mass is 459 g/mol. The number of nitrogens with one attached hydrogen (secondary N) is 1. The molecule has 3 N–H and O–H groups in total. The Morgan fingerprint density at radius 2 is 1.62 bits per heavy atom. The summed E-state index contributed by atoms with van der Waals surface area (Å²) in [5, 5.41) is 3.25. The number of rotatable bonds is 12. The lowest BCUT2D eigenvalue weighted by atomic mass is 10.0. The number of amides is 1. The highest BCUT2D eigenvalue weighted by Crippen LogP contribution is 2.26. The van der Waals surface area contributed by atoms with Gasteiger partial charge in [0.25, 0.3) is 5.91 Å². The van der Waals surface area contributed by atoms with E-state index in [-0.39, 0.29) is 5.91 Å². The van der Waals surface area contributed by atoms with Crippen molar-refractivity contribution in [3.63, 3.8) is 0 Å². The minimum Gasteiger partial charge on any atom is -0.398 e. The zero-order valence-electron chi connectivity index (χ0n) is 20.7. The van der Waals surface area contributed by atoms with Gasteiger partial charge in [-0.1, -0.05) is 51.7 Å². The predicted octanol–water partition coefficient (Wildman–Crippen LogP) is 6.60. The molecule has 2 aromatic carbocycles. The van der Waals surface area contributed by atoms with Crippen LogP contribution in [0, 0.1) is 6.92 Å². The Balaban J connectivity index is 1.70. The van der Waals surface area contributed by atoms with E-state index in [0.717, 1.165) is 79.8 Å². The van der Waals surface area contributed by atoms with Crippen molar-refractivity contribution in [2.75, 3.05) is 24.1 Å². The van der Waals surface area contributed by atoms with Gasteiger partial charge in [0.05, 0.1) is 5.69 Å². The zero-order valence-corrected chi connectivity index (χ0v) is 20.7. The van der Waals surface area contributed by atoms with E-state index >= 15 is 0 Å². The van der Waals surface area contributed by atoms with Crippen LogP contribution in [0.2, 0.25) is 0 Å². The van der Waals surface area contributed by atoms with Crippen molar-refractivity contribution < 1.29 is 4.79 Å². The van der Waals surface area contributed by atoms with E-state index in [2.05, 4.69) is 29.1 Å². The minimum atomic E-state index is 0.106. The van der Waals surface area contributed by atoms with Crippen LogP contribution >= 0.6 is 0 Å². The Labute approximate surface area is 203 Å². The van der Waals surface area contributed by atoms with Crippen molar-refractivity contribution in [3.05, 3.63) is 65.9 Å². The second kappa shape index (κ2) is 12.7. The lowest BCUT2D eigenvalue weighted by molar-refractivity contribution is 0.0749. The molecule has 0 aliphatic rings. The molecule has 0 radical (unpaired) electrons. The summed E-state index contributed by atoms with van der Waals surface area (Å²) in [6, 6.07) is 15.3. The summed E-state index contributed by atoms with van der Waals surface area (Å²) in [4.78, 5) is 24.2. The molecule has 3 rings (SSSR count). The quantitative estimate of drug-likeness (QED) is 0.235. The first kappa shape index (κ1) is 25.2. The molecule has 6 nitrogen and oxygen atoms in total. The standard InChI is InChI=1S/C28H37N5O/c1-4-6-8-19-33(20-9-7-5-2)27(34)22-13-15-23(16-14-22)31-28-30-18-17-26(32-28)24-11-10-12-25(29)21(24)3/h10-18H,4-9,19-20,29H2,1-3H3,(H,30,31,32). The van der Waals surface area contributed by atoms with Crippen molar-refractivity contribution in [1.82, 2.24) is 14.9 Å². The predicted molar refractivity (Wildman–Crippen MR) is 141 cm³/mol. The first-order valence-electron chi connectivity index (χ1n) is 12.4. The summed E-state index contributed by atoms with van der Waals surface area (Å²) < 4.78 is 0. The van der Waals surface area contributed by atoms with Crippen LogP contribution in [0.5, 0.6) is 0 Å². The third-order valence-electron chi connectivity index (χ3n) is 6.05. The molecule has 1 aromatic heterocycles. The second-order valence-corrected chi connectivity index (χ2v) is 8.69. The number of unbranched alkanes of at least 4 members (excludes halogenated alkanes) is 4. The number of benzene rings is 2. The van der Waals surface area contributed by atoms with Gasteiger partial charge in [-0.15, -0.1) is 0 Å². The average Bonchev–Trinajstić information content (AvgIpc) is 2.85. The zero-order chi connectivity index (χ0) is 24.3. The van der Waals surface area contributed by atoms with Crippen molar-refractivity contribution in [1.29, 1.82) is 0 Å². The molecule has 180 valence electrons. The Hall–Kier alpha value is -3.41. The number of anilines is 3. The molecule has 0 spiro atoms. The molecule has 3 aromatic rings. The maximum atomic E-state index is 13.1. The number of nitrogen functional groups attached to an aromatic ring is 1. The van der Waals surface area contributed by atoms with Gasteiger partial charge in [-0.3, -0.25) is 4.79 Å². The second-order valence-electron chi connectivity index (χ2n) is 8.69. The molecule has 1 amide bonds. The Bertz CT molecular complexity index is 1050. The van der Waals surface area contributed by atoms with Gasteiger partial charge in [0.2, 0.25) is 5.95 Å². The van der Waals surface area contributed by atoms with Gasteiger partial charge in [0.1, 0.15) is 0 Å². The van der Waals surface area contributed by atoms with Crippen molar-refractivity contribution in [2.24, 2.45) is 0 Å². The third-order valence-corrected chi connectivity index (χ3v) is 6.05. The number of nitrogens with two attached hydrogens (primary N) is 1. The summed E-state index contributed by atoms with van der Waals surface area (Å²) in [6.07, 6.45) is 8.43. The van der Waals surface area contributed by atoms with Crippen LogP contribution in [0.25, 0.3) is 11.3 Å². The molecule has 0 aliphatic heterocycles. The van der Waals surface area contributed by atoms with E-state index in [1.807, 2.05) is 60.4 Å². The number of aromatic nitrogens is 2. The molecule has 6 heteroatoms. The van der Waals surface area contributed by atoms with E-state index < -0.39 is 0 Å². The first-order valence-corrected chi connectivity index (χ1v) is 12.4. The molecule has 0 unspecified atom stereocenters. The fraction of sp³-hybridized carbons (Fsp3) is 0.393. The summed E-state index contributed by atoms with van der Waals surface area (Å²) in [6.45, 7) is 8.00. The molecular weight excluding hydrogens is 422 g/mol. The molecule has 0 aliphatic carbocycles. The summed E-state index contributed by atoms with van der Waals surface area (Å²) >= 11 is 0. The minimum absolute atomic E-state index is 0.106. The Kier molecular flexibility index (Phi) is 9.44. The lowest BCUT2D eigenvalue weighted by Crippen LogP contribution is -2.33. The molecule has 34 heavy (non-hydrogen) atoms. The average molecular weight is 460 g/mol. The molecule has 1 heterocycles.